The molecule has 3 amide bonds. The summed E-state index contributed by atoms with van der Waals surface area (Å²) in [6.07, 6.45) is 6.67. The van der Waals surface area contributed by atoms with Crippen molar-refractivity contribution in [1.29, 1.82) is 0 Å². The Morgan fingerprint density at radius 1 is 1.25 bits per heavy atom. The predicted octanol–water partition coefficient (Wildman–Crippen LogP) is 3.03. The van der Waals surface area contributed by atoms with Gasteiger partial charge in [0, 0.05) is 49.7 Å². The fourth-order valence-corrected chi connectivity index (χ4v) is 4.46. The number of para-hydroxylation sites is 1. The number of imidazole rings is 1. The smallest absolute Gasteiger partial charge is 0.318 e. The van der Waals surface area contributed by atoms with Gasteiger partial charge in [0.2, 0.25) is 5.91 Å². The summed E-state index contributed by atoms with van der Waals surface area (Å²) in [4.78, 5) is 36.2. The summed E-state index contributed by atoms with van der Waals surface area (Å²) in [5, 5.41) is 8.33. The zero-order chi connectivity index (χ0) is 22.5. The molecule has 0 aliphatic carbocycles. The molecule has 9 nitrogen and oxygen atoms in total. The number of likely N-dealkylation sites (tertiary alicyclic amines) is 1. The summed E-state index contributed by atoms with van der Waals surface area (Å²) < 4.78 is 7.40. The molecule has 1 fully saturated rings. The van der Waals surface area contributed by atoms with Crippen molar-refractivity contribution in [2.45, 2.75) is 18.9 Å². The predicted molar refractivity (Wildman–Crippen MR) is 122 cm³/mol. The van der Waals surface area contributed by atoms with Crippen molar-refractivity contribution in [1.82, 2.24) is 24.8 Å². The van der Waals surface area contributed by atoms with Gasteiger partial charge in [-0.1, -0.05) is 18.2 Å². The van der Waals surface area contributed by atoms with Gasteiger partial charge in [-0.05, 0) is 18.9 Å². The number of amides is 3. The minimum absolute atomic E-state index is 0.108. The van der Waals surface area contributed by atoms with Crippen LogP contribution >= 0.6 is 11.3 Å². The lowest BCUT2D eigenvalue weighted by Crippen LogP contribution is -2.49. The van der Waals surface area contributed by atoms with Crippen molar-refractivity contribution in [3.05, 3.63) is 59.6 Å². The second-order valence-electron chi connectivity index (χ2n) is 7.63. The zero-order valence-corrected chi connectivity index (χ0v) is 18.8. The third kappa shape index (κ3) is 4.75. The summed E-state index contributed by atoms with van der Waals surface area (Å²) in [5.41, 5.74) is 0.813. The van der Waals surface area contributed by atoms with Crippen LogP contribution in [-0.4, -0.2) is 51.6 Å². The second kappa shape index (κ2) is 9.82. The van der Waals surface area contributed by atoms with E-state index in [1.165, 1.54) is 11.3 Å². The number of carbonyl (C=O) groups is 2. The Morgan fingerprint density at radius 3 is 2.81 bits per heavy atom. The highest BCUT2D eigenvalue weighted by molar-refractivity contribution is 7.13. The first-order valence-electron chi connectivity index (χ1n) is 10.4. The largest absolute Gasteiger partial charge is 0.496 e. The van der Waals surface area contributed by atoms with E-state index < -0.39 is 6.04 Å². The molecule has 0 saturated carbocycles. The minimum Gasteiger partial charge on any atom is -0.496 e. The molecule has 1 aromatic carbocycles. The Kier molecular flexibility index (Phi) is 6.69. The number of nitrogens with one attached hydrogen (secondary N) is 2. The quantitative estimate of drug-likeness (QED) is 0.596. The third-order valence-electron chi connectivity index (χ3n) is 5.58. The average molecular weight is 455 g/mol. The maximum Gasteiger partial charge on any atom is 0.318 e. The Hall–Kier alpha value is -3.40. The normalized spacial score (nSPS) is 16.9. The molecule has 3 heterocycles. The van der Waals surface area contributed by atoms with Gasteiger partial charge in [0.1, 0.15) is 17.6 Å². The van der Waals surface area contributed by atoms with Crippen molar-refractivity contribution >= 4 is 28.4 Å². The van der Waals surface area contributed by atoms with Crippen LogP contribution in [0.2, 0.25) is 0 Å². The highest BCUT2D eigenvalue weighted by Crippen LogP contribution is 2.29. The molecule has 10 heteroatoms. The van der Waals surface area contributed by atoms with E-state index in [2.05, 4.69) is 20.6 Å². The molecule has 2 N–H and O–H groups in total. The van der Waals surface area contributed by atoms with Crippen LogP contribution in [-0.2, 0) is 11.8 Å². The van der Waals surface area contributed by atoms with Crippen LogP contribution in [0, 0.1) is 5.92 Å². The number of urea groups is 1. The van der Waals surface area contributed by atoms with Gasteiger partial charge in [-0.25, -0.2) is 14.8 Å². The number of ether oxygens (including phenoxy) is 1. The standard InChI is InChI=1S/C22H26N6O3S/c1-27-12-9-23-19(27)18(16-7-3-4-8-17(16)31-2)25-22(30)28-11-5-6-15(14-28)20(29)26-21-24-10-13-32-21/h3-4,7-10,12-13,15,18H,5-6,11,14H2,1-2H3,(H,25,30)(H,24,26,29). The molecule has 2 aromatic heterocycles. The lowest BCUT2D eigenvalue weighted by Gasteiger charge is -2.33. The minimum atomic E-state index is -0.497. The number of rotatable bonds is 6. The zero-order valence-electron chi connectivity index (χ0n) is 18.0. The number of thiazole rings is 1. The van der Waals surface area contributed by atoms with Crippen LogP contribution in [0.4, 0.5) is 9.93 Å². The van der Waals surface area contributed by atoms with Crippen molar-refractivity contribution in [2.24, 2.45) is 13.0 Å². The van der Waals surface area contributed by atoms with E-state index in [0.29, 0.717) is 29.8 Å². The van der Waals surface area contributed by atoms with Gasteiger partial charge in [-0.2, -0.15) is 0 Å². The molecule has 1 saturated heterocycles. The summed E-state index contributed by atoms with van der Waals surface area (Å²) in [5.74, 6) is 0.970. The molecule has 3 aromatic rings. The topological polar surface area (TPSA) is 101 Å². The van der Waals surface area contributed by atoms with Crippen LogP contribution < -0.4 is 15.4 Å². The summed E-state index contributed by atoms with van der Waals surface area (Å²) in [7, 11) is 3.49. The number of hydrogen-bond acceptors (Lipinski definition) is 6. The molecule has 0 spiro atoms. The van der Waals surface area contributed by atoms with Crippen molar-refractivity contribution in [3.63, 3.8) is 0 Å². The van der Waals surface area contributed by atoms with E-state index in [9.17, 15) is 9.59 Å². The number of aryl methyl sites for hydroxylation is 1. The lowest BCUT2D eigenvalue weighted by molar-refractivity contribution is -0.121. The molecule has 168 valence electrons. The number of carbonyl (C=O) groups excluding carboxylic acids is 2. The molecule has 1 aliphatic rings. The van der Waals surface area contributed by atoms with Gasteiger partial charge in [-0.15, -0.1) is 11.3 Å². The van der Waals surface area contributed by atoms with E-state index in [-0.39, 0.29) is 17.9 Å². The second-order valence-corrected chi connectivity index (χ2v) is 8.53. The lowest BCUT2D eigenvalue weighted by atomic mass is 9.97. The van der Waals surface area contributed by atoms with Crippen molar-refractivity contribution in [2.75, 3.05) is 25.5 Å². The summed E-state index contributed by atoms with van der Waals surface area (Å²) >= 11 is 1.37. The highest BCUT2D eigenvalue weighted by Gasteiger charge is 2.31. The van der Waals surface area contributed by atoms with Crippen LogP contribution in [0.3, 0.4) is 0 Å². The number of anilines is 1. The van der Waals surface area contributed by atoms with Crippen LogP contribution in [0.5, 0.6) is 5.75 Å². The van der Waals surface area contributed by atoms with Gasteiger partial charge in [0.15, 0.2) is 5.13 Å². The Labute approximate surface area is 190 Å². The number of benzene rings is 1. The number of methoxy groups -OCH3 is 1. The van der Waals surface area contributed by atoms with Gasteiger partial charge < -0.3 is 24.8 Å². The molecule has 2 atom stereocenters. The van der Waals surface area contributed by atoms with E-state index in [0.717, 1.165) is 18.4 Å². The molecule has 0 radical (unpaired) electrons. The number of aromatic nitrogens is 3. The number of piperidine rings is 1. The average Bonchev–Trinajstić information content (AvgIpc) is 3.49. The first-order chi connectivity index (χ1) is 15.6. The maximum atomic E-state index is 13.3. The number of hydrogen-bond donors (Lipinski definition) is 2. The molecule has 4 rings (SSSR count). The Balaban J connectivity index is 1.50. The van der Waals surface area contributed by atoms with Crippen molar-refractivity contribution in [3.8, 4) is 5.75 Å². The molecular weight excluding hydrogens is 428 g/mol. The van der Waals surface area contributed by atoms with E-state index >= 15 is 0 Å². The fraction of sp³-hybridized carbons (Fsp3) is 0.364. The van der Waals surface area contributed by atoms with Crippen LogP contribution in [0.1, 0.15) is 30.3 Å². The molecule has 0 bridgehead atoms. The van der Waals surface area contributed by atoms with Gasteiger partial charge in [-0.3, -0.25) is 4.79 Å². The fourth-order valence-electron chi connectivity index (χ4n) is 3.92. The van der Waals surface area contributed by atoms with E-state index in [1.54, 1.807) is 24.4 Å². The van der Waals surface area contributed by atoms with E-state index in [1.807, 2.05) is 47.5 Å². The van der Waals surface area contributed by atoms with Gasteiger partial charge in [0.05, 0.1) is 13.0 Å². The monoisotopic (exact) mass is 454 g/mol. The summed E-state index contributed by atoms with van der Waals surface area (Å²) in [6.45, 7) is 0.939. The van der Waals surface area contributed by atoms with Crippen LogP contribution in [0.15, 0.2) is 48.2 Å². The van der Waals surface area contributed by atoms with Crippen LogP contribution in [0.25, 0.3) is 0 Å². The first-order valence-corrected chi connectivity index (χ1v) is 11.3. The molecular formula is C22H26N6O3S. The molecule has 32 heavy (non-hydrogen) atoms. The number of nitrogens with zero attached hydrogens (tertiary/aromatic N) is 4. The highest BCUT2D eigenvalue weighted by atomic mass is 32.1. The van der Waals surface area contributed by atoms with E-state index in [4.69, 9.17) is 4.74 Å². The Morgan fingerprint density at radius 2 is 2.09 bits per heavy atom. The SMILES string of the molecule is COc1ccccc1C(NC(=O)N1CCCC(C(=O)Nc2nccs2)C1)c1nccn1C. The first kappa shape index (κ1) is 21.8. The van der Waals surface area contributed by atoms with Crippen molar-refractivity contribution < 1.29 is 14.3 Å². The Bertz CT molecular complexity index is 1070. The van der Waals surface area contributed by atoms with Gasteiger partial charge >= 0.3 is 6.03 Å². The van der Waals surface area contributed by atoms with Gasteiger partial charge in [0.25, 0.3) is 0 Å². The molecule has 2 unspecified atom stereocenters. The molecule has 1 aliphatic heterocycles. The summed E-state index contributed by atoms with van der Waals surface area (Å²) in [6, 6.07) is 6.82. The third-order valence-corrected chi connectivity index (χ3v) is 6.26. The maximum absolute atomic E-state index is 13.3.